The van der Waals surface area contributed by atoms with E-state index >= 15 is 0 Å². The fraction of sp³-hybridized carbons (Fsp3) is 0.800. The average Bonchev–Trinajstić information content (AvgIpc) is 2.89. The van der Waals surface area contributed by atoms with E-state index in [-0.39, 0.29) is 0 Å². The van der Waals surface area contributed by atoms with E-state index in [0.717, 1.165) is 18.4 Å². The van der Waals surface area contributed by atoms with Crippen LogP contribution in [-0.2, 0) is 6.42 Å². The molecule has 1 N–H and O–H groups in total. The Kier molecular flexibility index (Phi) is 3.18. The zero-order valence-electron chi connectivity index (χ0n) is 11.7. The van der Waals surface area contributed by atoms with Crippen molar-refractivity contribution in [1.29, 1.82) is 0 Å². The van der Waals surface area contributed by atoms with Crippen molar-refractivity contribution >= 4 is 0 Å². The first kappa shape index (κ1) is 12.2. The fourth-order valence-electron chi connectivity index (χ4n) is 3.54. The van der Waals surface area contributed by atoms with Gasteiger partial charge in [0.1, 0.15) is 0 Å². The normalized spacial score (nSPS) is 28.2. The van der Waals surface area contributed by atoms with E-state index in [0.29, 0.717) is 5.54 Å². The second-order valence-electron chi connectivity index (χ2n) is 6.61. The van der Waals surface area contributed by atoms with E-state index < -0.39 is 0 Å². The highest BCUT2D eigenvalue weighted by atomic mass is 15.1. The van der Waals surface area contributed by atoms with Crippen molar-refractivity contribution < 1.29 is 0 Å². The quantitative estimate of drug-likeness (QED) is 0.867. The summed E-state index contributed by atoms with van der Waals surface area (Å²) in [5, 5.41) is 3.79. The van der Waals surface area contributed by atoms with Crippen LogP contribution in [0.5, 0.6) is 0 Å². The molecule has 0 spiro atoms. The van der Waals surface area contributed by atoms with Crippen LogP contribution < -0.4 is 5.32 Å². The second kappa shape index (κ2) is 4.69. The first-order valence-corrected chi connectivity index (χ1v) is 7.44. The predicted octanol–water partition coefficient (Wildman–Crippen LogP) is 2.93. The molecule has 1 aliphatic heterocycles. The predicted molar refractivity (Wildman–Crippen MR) is 73.6 cm³/mol. The largest absolute Gasteiger partial charge is 0.331 e. The van der Waals surface area contributed by atoms with Gasteiger partial charge in [0, 0.05) is 29.9 Å². The highest BCUT2D eigenvalue weighted by Gasteiger charge is 2.36. The summed E-state index contributed by atoms with van der Waals surface area (Å²) in [6, 6.07) is 0.750. The Balaban J connectivity index is 1.77. The zero-order valence-corrected chi connectivity index (χ0v) is 11.7. The molecule has 1 saturated heterocycles. The number of imidazole rings is 1. The number of rotatable bonds is 5. The molecular formula is C15H25N3. The van der Waals surface area contributed by atoms with E-state index in [1.807, 2.05) is 6.33 Å². The maximum absolute atomic E-state index is 4.37. The third-order valence-corrected chi connectivity index (χ3v) is 4.34. The highest BCUT2D eigenvalue weighted by molar-refractivity contribution is 5.11. The van der Waals surface area contributed by atoms with E-state index in [4.69, 9.17) is 0 Å². The highest BCUT2D eigenvalue weighted by Crippen LogP contribution is 2.37. The molecule has 18 heavy (non-hydrogen) atoms. The van der Waals surface area contributed by atoms with Crippen LogP contribution in [0.1, 0.15) is 57.7 Å². The van der Waals surface area contributed by atoms with Gasteiger partial charge < -0.3 is 9.88 Å². The van der Waals surface area contributed by atoms with Crippen molar-refractivity contribution in [3.05, 3.63) is 18.2 Å². The average molecular weight is 247 g/mol. The maximum atomic E-state index is 4.37. The van der Waals surface area contributed by atoms with Gasteiger partial charge in [-0.25, -0.2) is 4.98 Å². The van der Waals surface area contributed by atoms with Crippen molar-refractivity contribution in [1.82, 2.24) is 14.9 Å². The molecule has 100 valence electrons. The SMILES string of the molecule is CC(C)CC1(Cc2cncn2C2CC2)CCCN1. The number of hydrogen-bond donors (Lipinski definition) is 1. The van der Waals surface area contributed by atoms with Crippen LogP contribution in [0.4, 0.5) is 0 Å². The Morgan fingerprint density at radius 2 is 2.33 bits per heavy atom. The molecule has 2 heterocycles. The minimum Gasteiger partial charge on any atom is -0.331 e. The van der Waals surface area contributed by atoms with Crippen LogP contribution in [0.25, 0.3) is 0 Å². The molecule has 3 heteroatoms. The fourth-order valence-corrected chi connectivity index (χ4v) is 3.54. The minimum absolute atomic E-state index is 0.334. The van der Waals surface area contributed by atoms with E-state index in [2.05, 4.69) is 34.9 Å². The minimum atomic E-state index is 0.334. The van der Waals surface area contributed by atoms with E-state index in [9.17, 15) is 0 Å². The zero-order chi connectivity index (χ0) is 12.6. The maximum Gasteiger partial charge on any atom is 0.0950 e. The van der Waals surface area contributed by atoms with Gasteiger partial charge >= 0.3 is 0 Å². The van der Waals surface area contributed by atoms with Crippen LogP contribution in [0, 0.1) is 5.92 Å². The molecule has 3 nitrogen and oxygen atoms in total. The summed E-state index contributed by atoms with van der Waals surface area (Å²) >= 11 is 0. The molecule has 2 aliphatic rings. The van der Waals surface area contributed by atoms with Crippen molar-refractivity contribution in [2.45, 2.75) is 64.0 Å². The molecule has 1 atom stereocenters. The van der Waals surface area contributed by atoms with Crippen LogP contribution >= 0.6 is 0 Å². The summed E-state index contributed by atoms with van der Waals surface area (Å²) in [5.41, 5.74) is 1.77. The Hall–Kier alpha value is -0.830. The summed E-state index contributed by atoms with van der Waals surface area (Å²) in [4.78, 5) is 4.37. The molecule has 1 aromatic rings. The third-order valence-electron chi connectivity index (χ3n) is 4.34. The Bertz CT molecular complexity index is 398. The molecular weight excluding hydrogens is 222 g/mol. The van der Waals surface area contributed by atoms with Gasteiger partial charge in [0.2, 0.25) is 0 Å². The number of nitrogens with one attached hydrogen (secondary N) is 1. The smallest absolute Gasteiger partial charge is 0.0950 e. The first-order valence-electron chi connectivity index (χ1n) is 7.44. The topological polar surface area (TPSA) is 29.9 Å². The Morgan fingerprint density at radius 1 is 1.50 bits per heavy atom. The van der Waals surface area contributed by atoms with Crippen LogP contribution in [0.15, 0.2) is 12.5 Å². The lowest BCUT2D eigenvalue weighted by atomic mass is 9.83. The molecule has 0 radical (unpaired) electrons. The van der Waals surface area contributed by atoms with Crippen molar-refractivity contribution in [3.8, 4) is 0 Å². The monoisotopic (exact) mass is 247 g/mol. The summed E-state index contributed by atoms with van der Waals surface area (Å²) in [6.07, 6.45) is 11.9. The molecule has 1 unspecified atom stereocenters. The molecule has 0 bridgehead atoms. The van der Waals surface area contributed by atoms with Crippen LogP contribution in [0.3, 0.4) is 0 Å². The lowest BCUT2D eigenvalue weighted by Gasteiger charge is -2.32. The van der Waals surface area contributed by atoms with Gasteiger partial charge in [0.05, 0.1) is 6.33 Å². The number of hydrogen-bond acceptors (Lipinski definition) is 2. The lowest BCUT2D eigenvalue weighted by Crippen LogP contribution is -2.43. The summed E-state index contributed by atoms with van der Waals surface area (Å²) < 4.78 is 2.42. The van der Waals surface area contributed by atoms with Gasteiger partial charge in [-0.05, 0) is 44.6 Å². The molecule has 3 rings (SSSR count). The molecule has 1 saturated carbocycles. The summed E-state index contributed by atoms with van der Waals surface area (Å²) in [5.74, 6) is 0.757. The Labute approximate surface area is 110 Å². The summed E-state index contributed by atoms with van der Waals surface area (Å²) in [7, 11) is 0. The van der Waals surface area contributed by atoms with Gasteiger partial charge in [0.15, 0.2) is 0 Å². The van der Waals surface area contributed by atoms with Crippen molar-refractivity contribution in [2.24, 2.45) is 5.92 Å². The van der Waals surface area contributed by atoms with Crippen molar-refractivity contribution in [3.63, 3.8) is 0 Å². The van der Waals surface area contributed by atoms with Crippen molar-refractivity contribution in [2.75, 3.05) is 6.54 Å². The lowest BCUT2D eigenvalue weighted by molar-refractivity contribution is 0.296. The van der Waals surface area contributed by atoms with Crippen LogP contribution in [0.2, 0.25) is 0 Å². The second-order valence-corrected chi connectivity index (χ2v) is 6.61. The van der Waals surface area contributed by atoms with Gasteiger partial charge in [-0.3, -0.25) is 0 Å². The number of aromatic nitrogens is 2. The van der Waals surface area contributed by atoms with Gasteiger partial charge in [0.25, 0.3) is 0 Å². The summed E-state index contributed by atoms with van der Waals surface area (Å²) in [6.45, 7) is 5.85. The van der Waals surface area contributed by atoms with Crippen LogP contribution in [-0.4, -0.2) is 21.6 Å². The van der Waals surface area contributed by atoms with Gasteiger partial charge in [-0.2, -0.15) is 0 Å². The molecule has 1 aromatic heterocycles. The van der Waals surface area contributed by atoms with E-state index in [1.54, 1.807) is 0 Å². The first-order chi connectivity index (χ1) is 8.69. The molecule has 0 amide bonds. The number of nitrogens with zero attached hydrogens (tertiary/aromatic N) is 2. The standard InChI is InChI=1S/C15H25N3/c1-12(2)8-15(6-3-7-17-15)9-14-10-16-11-18(14)13-4-5-13/h10-13,17H,3-9H2,1-2H3. The molecule has 1 aliphatic carbocycles. The van der Waals surface area contributed by atoms with E-state index in [1.165, 1.54) is 44.3 Å². The van der Waals surface area contributed by atoms with Gasteiger partial charge in [-0.15, -0.1) is 0 Å². The van der Waals surface area contributed by atoms with Gasteiger partial charge in [-0.1, -0.05) is 13.8 Å². The molecule has 2 fully saturated rings. The Morgan fingerprint density at radius 3 is 2.94 bits per heavy atom. The third kappa shape index (κ3) is 2.46. The molecule has 0 aromatic carbocycles.